The number of hydrogen-bond acceptors (Lipinski definition) is 8. The number of carbonyl (C=O) groups is 3. The monoisotopic (exact) mass is 568 g/mol. The Bertz CT molecular complexity index is 1270. The first-order chi connectivity index (χ1) is 19.2. The van der Waals surface area contributed by atoms with E-state index in [1.165, 1.54) is 0 Å². The molecule has 3 rings (SSSR count). The van der Waals surface area contributed by atoms with Crippen LogP contribution in [0.2, 0.25) is 0 Å². The lowest BCUT2D eigenvalue weighted by molar-refractivity contribution is -0.158. The fourth-order valence-electron chi connectivity index (χ4n) is 3.57. The number of hydrogen-bond donors (Lipinski definition) is 2. The van der Waals surface area contributed by atoms with E-state index in [0.717, 1.165) is 28.0 Å². The number of carbonyl (C=O) groups excluding carboxylic acids is 3. The maximum atomic E-state index is 12.9. The molecule has 0 aliphatic heterocycles. The van der Waals surface area contributed by atoms with Crippen LogP contribution in [0.3, 0.4) is 0 Å². The van der Waals surface area contributed by atoms with E-state index in [1.54, 1.807) is 20.8 Å². The van der Waals surface area contributed by atoms with E-state index in [2.05, 4.69) is 0 Å². The molecule has 0 saturated heterocycles. The van der Waals surface area contributed by atoms with E-state index >= 15 is 0 Å². The first-order valence-electron chi connectivity index (χ1n) is 14.0. The van der Waals surface area contributed by atoms with Gasteiger partial charge in [0, 0.05) is 0 Å². The molecule has 0 fully saturated rings. The van der Waals surface area contributed by atoms with Crippen LogP contribution in [0.4, 0.5) is 0 Å². The number of fused-ring (bicyclic) bond motifs is 2. The van der Waals surface area contributed by atoms with Crippen molar-refractivity contribution in [2.45, 2.75) is 73.5 Å². The topological polar surface area (TPSA) is 119 Å². The molecule has 2 N–H and O–H groups in total. The van der Waals surface area contributed by atoms with Crippen LogP contribution in [0.5, 0.6) is 0 Å². The van der Waals surface area contributed by atoms with E-state index < -0.39 is 29.0 Å². The van der Waals surface area contributed by atoms with Gasteiger partial charge >= 0.3 is 17.9 Å². The molecule has 0 amide bonds. The molecule has 41 heavy (non-hydrogen) atoms. The van der Waals surface area contributed by atoms with Gasteiger partial charge in [0.1, 0.15) is 25.9 Å². The van der Waals surface area contributed by atoms with E-state index in [-0.39, 0.29) is 31.8 Å². The Labute approximate surface area is 242 Å². The number of rotatable bonds is 11. The van der Waals surface area contributed by atoms with E-state index in [1.807, 2.05) is 82.3 Å². The molecule has 2 unspecified atom stereocenters. The van der Waals surface area contributed by atoms with Crippen molar-refractivity contribution in [3.63, 3.8) is 0 Å². The molecule has 8 nitrogen and oxygen atoms in total. The maximum Gasteiger partial charge on any atom is 0.339 e. The highest BCUT2D eigenvalue weighted by Gasteiger charge is 2.28. The van der Waals surface area contributed by atoms with Gasteiger partial charge in [-0.2, -0.15) is 0 Å². The third kappa shape index (κ3) is 9.54. The first-order valence-corrected chi connectivity index (χ1v) is 14.0. The molecule has 0 heterocycles. The summed E-state index contributed by atoms with van der Waals surface area (Å²) in [5.41, 5.74) is -0.581. The highest BCUT2D eigenvalue weighted by atomic mass is 16.6. The first kappa shape index (κ1) is 33.7. The summed E-state index contributed by atoms with van der Waals surface area (Å²) < 4.78 is 15.4. The molecule has 0 spiro atoms. The Hall–Kier alpha value is -3.49. The van der Waals surface area contributed by atoms with Gasteiger partial charge in [-0.15, -0.1) is 0 Å². The van der Waals surface area contributed by atoms with E-state index in [4.69, 9.17) is 19.3 Å². The van der Waals surface area contributed by atoms with Crippen molar-refractivity contribution in [2.24, 2.45) is 10.8 Å². The Morgan fingerprint density at radius 2 is 1.12 bits per heavy atom. The van der Waals surface area contributed by atoms with Gasteiger partial charge in [0.2, 0.25) is 0 Å². The van der Waals surface area contributed by atoms with Gasteiger partial charge in [0.15, 0.2) is 0 Å². The van der Waals surface area contributed by atoms with Crippen molar-refractivity contribution in [1.29, 1.82) is 0 Å². The fourth-order valence-corrected chi connectivity index (χ4v) is 3.57. The normalized spacial score (nSPS) is 13.1. The quantitative estimate of drug-likeness (QED) is 0.168. The minimum atomic E-state index is -1.09. The van der Waals surface area contributed by atoms with E-state index in [9.17, 15) is 19.5 Å². The molecular formula is C33H44O8. The van der Waals surface area contributed by atoms with Crippen molar-refractivity contribution in [3.05, 3.63) is 60.2 Å². The van der Waals surface area contributed by atoms with Gasteiger partial charge in [0.25, 0.3) is 0 Å². The van der Waals surface area contributed by atoms with Gasteiger partial charge in [-0.1, -0.05) is 62.4 Å². The minimum Gasteiger partial charge on any atom is -0.463 e. The Kier molecular flexibility index (Phi) is 12.3. The summed E-state index contributed by atoms with van der Waals surface area (Å²) in [6.07, 6.45) is -0.296. The number of aliphatic hydroxyl groups excluding tert-OH is 2. The summed E-state index contributed by atoms with van der Waals surface area (Å²) in [5.74, 6) is -1.14. The van der Waals surface area contributed by atoms with Gasteiger partial charge in [0.05, 0.1) is 22.5 Å². The summed E-state index contributed by atoms with van der Waals surface area (Å²) in [6, 6.07) is 17.3. The lowest BCUT2D eigenvalue weighted by Gasteiger charge is -2.21. The average molecular weight is 569 g/mol. The van der Waals surface area contributed by atoms with Gasteiger partial charge in [-0.05, 0) is 75.1 Å². The Morgan fingerprint density at radius 3 is 1.56 bits per heavy atom. The largest absolute Gasteiger partial charge is 0.463 e. The molecule has 0 aromatic heterocycles. The summed E-state index contributed by atoms with van der Waals surface area (Å²) in [5, 5.41) is 22.4. The SMILES string of the molecule is CCC(C)(C)C(=O)OCC(C)O.CCC(C)(C)C(=O)OCC(O)COC(=O)c1c2ccccc2cc2ccccc12. The summed E-state index contributed by atoms with van der Waals surface area (Å²) in [7, 11) is 0. The third-order valence-electron chi connectivity index (χ3n) is 7.12. The number of ether oxygens (including phenoxy) is 3. The molecule has 3 aromatic rings. The highest BCUT2D eigenvalue weighted by Crippen LogP contribution is 2.29. The maximum absolute atomic E-state index is 12.9. The lowest BCUT2D eigenvalue weighted by atomic mass is 9.91. The molecule has 0 bridgehead atoms. The minimum absolute atomic E-state index is 0.0856. The predicted molar refractivity (Wildman–Crippen MR) is 159 cm³/mol. The fraction of sp³-hybridized carbons (Fsp3) is 0.485. The Morgan fingerprint density at radius 1 is 0.707 bits per heavy atom. The smallest absolute Gasteiger partial charge is 0.339 e. The van der Waals surface area contributed by atoms with E-state index in [0.29, 0.717) is 12.0 Å². The van der Waals surface area contributed by atoms with Crippen molar-refractivity contribution in [2.75, 3.05) is 19.8 Å². The lowest BCUT2D eigenvalue weighted by Crippen LogP contribution is -2.31. The van der Waals surface area contributed by atoms with Crippen LogP contribution in [-0.2, 0) is 23.8 Å². The highest BCUT2D eigenvalue weighted by molar-refractivity contribution is 6.16. The van der Waals surface area contributed by atoms with Crippen LogP contribution in [0.1, 0.15) is 71.7 Å². The number of esters is 3. The zero-order valence-electron chi connectivity index (χ0n) is 25.2. The van der Waals surface area contributed by atoms with Crippen LogP contribution in [0.25, 0.3) is 21.5 Å². The zero-order chi connectivity index (χ0) is 30.8. The second-order valence-electron chi connectivity index (χ2n) is 11.5. The molecular weight excluding hydrogens is 524 g/mol. The van der Waals surface area contributed by atoms with Crippen molar-refractivity contribution in [3.8, 4) is 0 Å². The Balaban J connectivity index is 0.000000415. The second kappa shape index (κ2) is 14.9. The van der Waals surface area contributed by atoms with Crippen molar-refractivity contribution >= 4 is 39.5 Å². The molecule has 8 heteroatoms. The molecule has 0 aliphatic rings. The van der Waals surface area contributed by atoms with Crippen LogP contribution in [-0.4, -0.2) is 60.1 Å². The average Bonchev–Trinajstić information content (AvgIpc) is 2.96. The molecule has 0 saturated carbocycles. The predicted octanol–water partition coefficient (Wildman–Crippen LogP) is 5.84. The van der Waals surface area contributed by atoms with Gasteiger partial charge < -0.3 is 24.4 Å². The molecule has 2 atom stereocenters. The van der Waals surface area contributed by atoms with Gasteiger partial charge in [-0.25, -0.2) is 4.79 Å². The van der Waals surface area contributed by atoms with Crippen LogP contribution in [0, 0.1) is 10.8 Å². The van der Waals surface area contributed by atoms with Crippen molar-refractivity contribution in [1.82, 2.24) is 0 Å². The van der Waals surface area contributed by atoms with Crippen LogP contribution < -0.4 is 0 Å². The third-order valence-corrected chi connectivity index (χ3v) is 7.12. The second-order valence-corrected chi connectivity index (χ2v) is 11.5. The standard InChI is InChI=1S/C24H26O5.C9H18O3/c1-4-24(2,3)23(27)29-15-18(25)14-28-22(26)21-19-11-7-5-9-16(19)13-17-10-6-8-12-20(17)21;1-5-9(3,4)8(11)12-6-7(2)10/h5-13,18,25H,4,14-15H2,1-3H3;7,10H,5-6H2,1-4H3. The van der Waals surface area contributed by atoms with Crippen molar-refractivity contribution < 1.29 is 38.8 Å². The summed E-state index contributed by atoms with van der Waals surface area (Å²) in [6.45, 7) is 12.3. The zero-order valence-corrected chi connectivity index (χ0v) is 25.2. The van der Waals surface area contributed by atoms with Crippen LogP contribution >= 0.6 is 0 Å². The summed E-state index contributed by atoms with van der Waals surface area (Å²) in [4.78, 5) is 36.2. The molecule has 0 aliphatic carbocycles. The molecule has 3 aromatic carbocycles. The van der Waals surface area contributed by atoms with Gasteiger partial charge in [-0.3, -0.25) is 9.59 Å². The van der Waals surface area contributed by atoms with Crippen LogP contribution in [0.15, 0.2) is 54.6 Å². The molecule has 0 radical (unpaired) electrons. The molecule has 224 valence electrons. The number of aliphatic hydroxyl groups is 2. The summed E-state index contributed by atoms with van der Waals surface area (Å²) >= 11 is 0. The number of benzene rings is 3.